The molecule has 1 aliphatic rings. The molecule has 0 bridgehead atoms. The second kappa shape index (κ2) is 5.87. The van der Waals surface area contributed by atoms with Crippen molar-refractivity contribution in [3.8, 4) is 0 Å². The number of rotatable bonds is 4. The molecule has 20 heavy (non-hydrogen) atoms. The first-order valence-corrected chi connectivity index (χ1v) is 8.02. The molecule has 2 nitrogen and oxygen atoms in total. The molecule has 1 heterocycles. The summed E-state index contributed by atoms with van der Waals surface area (Å²) < 4.78 is 0. The van der Waals surface area contributed by atoms with Gasteiger partial charge in [-0.3, -0.25) is 4.90 Å². The van der Waals surface area contributed by atoms with E-state index in [1.54, 1.807) is 0 Å². The summed E-state index contributed by atoms with van der Waals surface area (Å²) in [5.41, 5.74) is 1.75. The Kier molecular flexibility index (Phi) is 4.55. The Balaban J connectivity index is 2.28. The fraction of sp³-hybridized carbons (Fsp3) is 0.667. The van der Waals surface area contributed by atoms with Crippen LogP contribution in [0.1, 0.15) is 53.0 Å². The van der Waals surface area contributed by atoms with E-state index in [0.717, 1.165) is 13.1 Å². The quantitative estimate of drug-likeness (QED) is 0.899. The third kappa shape index (κ3) is 2.77. The van der Waals surface area contributed by atoms with Crippen LogP contribution in [0.5, 0.6) is 0 Å². The molecule has 112 valence electrons. The van der Waals surface area contributed by atoms with Crippen molar-refractivity contribution in [2.75, 3.05) is 13.1 Å². The van der Waals surface area contributed by atoms with E-state index in [0.29, 0.717) is 11.6 Å². The molecule has 2 heteroatoms. The minimum Gasteiger partial charge on any atom is -0.305 e. The molecule has 0 radical (unpaired) electrons. The van der Waals surface area contributed by atoms with Crippen LogP contribution in [0.4, 0.5) is 0 Å². The maximum atomic E-state index is 3.77. The summed E-state index contributed by atoms with van der Waals surface area (Å²) in [5.74, 6) is 0. The second-order valence-corrected chi connectivity index (χ2v) is 6.76. The van der Waals surface area contributed by atoms with Crippen LogP contribution in [-0.2, 0) is 5.54 Å². The fourth-order valence-corrected chi connectivity index (χ4v) is 3.41. The van der Waals surface area contributed by atoms with Crippen molar-refractivity contribution in [2.24, 2.45) is 0 Å². The van der Waals surface area contributed by atoms with Gasteiger partial charge in [-0.2, -0.15) is 0 Å². The SMILES string of the molecule is CCC(C)(CC)N1CC(C)(c2ccccc2)NCC1C. The van der Waals surface area contributed by atoms with Crippen LogP contribution < -0.4 is 5.32 Å². The number of benzene rings is 1. The molecule has 1 aromatic carbocycles. The van der Waals surface area contributed by atoms with E-state index < -0.39 is 0 Å². The van der Waals surface area contributed by atoms with E-state index in [1.807, 2.05) is 0 Å². The number of nitrogens with zero attached hydrogens (tertiary/aromatic N) is 1. The first-order chi connectivity index (χ1) is 9.45. The van der Waals surface area contributed by atoms with Crippen molar-refractivity contribution >= 4 is 0 Å². The Bertz CT molecular complexity index is 424. The number of hydrogen-bond acceptors (Lipinski definition) is 2. The zero-order valence-electron chi connectivity index (χ0n) is 13.7. The molecule has 1 N–H and O–H groups in total. The van der Waals surface area contributed by atoms with Crippen molar-refractivity contribution in [3.63, 3.8) is 0 Å². The zero-order valence-corrected chi connectivity index (χ0v) is 13.7. The summed E-state index contributed by atoms with van der Waals surface area (Å²) in [4.78, 5) is 2.72. The van der Waals surface area contributed by atoms with E-state index in [1.165, 1.54) is 18.4 Å². The predicted molar refractivity (Wildman–Crippen MR) is 87.0 cm³/mol. The Labute approximate surface area is 124 Å². The lowest BCUT2D eigenvalue weighted by atomic mass is 9.83. The topological polar surface area (TPSA) is 15.3 Å². The number of hydrogen-bond donors (Lipinski definition) is 1. The van der Waals surface area contributed by atoms with E-state index in [9.17, 15) is 0 Å². The smallest absolute Gasteiger partial charge is 0.0535 e. The largest absolute Gasteiger partial charge is 0.305 e. The molecule has 0 saturated carbocycles. The zero-order chi connectivity index (χ0) is 14.8. The minimum atomic E-state index is 0.0549. The van der Waals surface area contributed by atoms with Gasteiger partial charge in [0.1, 0.15) is 0 Å². The van der Waals surface area contributed by atoms with Crippen LogP contribution in [0, 0.1) is 0 Å². The molecule has 0 aliphatic carbocycles. The van der Waals surface area contributed by atoms with Crippen LogP contribution in [0.3, 0.4) is 0 Å². The normalized spacial score (nSPS) is 28.6. The van der Waals surface area contributed by atoms with E-state index in [4.69, 9.17) is 0 Å². The van der Waals surface area contributed by atoms with Gasteiger partial charge in [0.25, 0.3) is 0 Å². The third-order valence-electron chi connectivity index (χ3n) is 5.43. The van der Waals surface area contributed by atoms with Crippen LogP contribution in [-0.4, -0.2) is 29.6 Å². The molecule has 0 amide bonds. The van der Waals surface area contributed by atoms with Crippen molar-refractivity contribution in [1.29, 1.82) is 0 Å². The molecule has 0 aromatic heterocycles. The van der Waals surface area contributed by atoms with Crippen molar-refractivity contribution in [3.05, 3.63) is 35.9 Å². The summed E-state index contributed by atoms with van der Waals surface area (Å²) in [6, 6.07) is 11.5. The molecule has 1 saturated heterocycles. The monoisotopic (exact) mass is 274 g/mol. The Morgan fingerprint density at radius 2 is 1.85 bits per heavy atom. The number of piperazine rings is 1. The molecule has 2 atom stereocenters. The highest BCUT2D eigenvalue weighted by Gasteiger charge is 2.41. The Hall–Kier alpha value is -0.860. The van der Waals surface area contributed by atoms with Gasteiger partial charge < -0.3 is 5.32 Å². The first kappa shape index (κ1) is 15.5. The summed E-state index contributed by atoms with van der Waals surface area (Å²) in [6.07, 6.45) is 2.41. The Morgan fingerprint density at radius 1 is 1.25 bits per heavy atom. The van der Waals surface area contributed by atoms with Crippen LogP contribution >= 0.6 is 0 Å². The van der Waals surface area contributed by atoms with Crippen molar-refractivity contribution in [1.82, 2.24) is 10.2 Å². The molecule has 1 aliphatic heterocycles. The highest BCUT2D eigenvalue weighted by atomic mass is 15.3. The van der Waals surface area contributed by atoms with Gasteiger partial charge in [0.05, 0.1) is 5.54 Å². The van der Waals surface area contributed by atoms with Crippen LogP contribution in [0.25, 0.3) is 0 Å². The van der Waals surface area contributed by atoms with Gasteiger partial charge in [-0.05, 0) is 39.2 Å². The van der Waals surface area contributed by atoms with Gasteiger partial charge >= 0.3 is 0 Å². The lowest BCUT2D eigenvalue weighted by Crippen LogP contribution is -2.65. The second-order valence-electron chi connectivity index (χ2n) is 6.76. The summed E-state index contributed by atoms with van der Waals surface area (Å²) in [6.45, 7) is 13.9. The molecule has 2 rings (SSSR count). The van der Waals surface area contributed by atoms with Gasteiger partial charge in [-0.1, -0.05) is 44.2 Å². The summed E-state index contributed by atoms with van der Waals surface area (Å²) >= 11 is 0. The highest BCUT2D eigenvalue weighted by molar-refractivity contribution is 5.25. The van der Waals surface area contributed by atoms with Crippen molar-refractivity contribution in [2.45, 2.75) is 64.6 Å². The Morgan fingerprint density at radius 3 is 2.40 bits per heavy atom. The van der Waals surface area contributed by atoms with E-state index in [2.05, 4.69) is 75.2 Å². The molecule has 1 aromatic rings. The summed E-state index contributed by atoms with van der Waals surface area (Å²) in [5, 5.41) is 3.77. The van der Waals surface area contributed by atoms with Gasteiger partial charge in [0.2, 0.25) is 0 Å². The molecule has 0 spiro atoms. The van der Waals surface area contributed by atoms with Crippen LogP contribution in [0.15, 0.2) is 30.3 Å². The van der Waals surface area contributed by atoms with Crippen LogP contribution in [0.2, 0.25) is 0 Å². The van der Waals surface area contributed by atoms with E-state index in [-0.39, 0.29) is 5.54 Å². The number of nitrogens with one attached hydrogen (secondary N) is 1. The molecular formula is C18H30N2. The maximum absolute atomic E-state index is 3.77. The first-order valence-electron chi connectivity index (χ1n) is 8.02. The predicted octanol–water partition coefficient (Wildman–Crippen LogP) is 3.77. The van der Waals surface area contributed by atoms with Gasteiger partial charge in [0.15, 0.2) is 0 Å². The minimum absolute atomic E-state index is 0.0549. The average Bonchev–Trinajstić information content (AvgIpc) is 2.50. The maximum Gasteiger partial charge on any atom is 0.0535 e. The summed E-state index contributed by atoms with van der Waals surface area (Å²) in [7, 11) is 0. The van der Waals surface area contributed by atoms with Crippen molar-refractivity contribution < 1.29 is 0 Å². The molecule has 2 unspecified atom stereocenters. The molecular weight excluding hydrogens is 244 g/mol. The standard InChI is InChI=1S/C18H30N2/c1-6-17(4,7-2)20-14-18(5,19-13-15(20)3)16-11-9-8-10-12-16/h8-12,15,19H,6-7,13-14H2,1-5H3. The fourth-order valence-electron chi connectivity index (χ4n) is 3.41. The van der Waals surface area contributed by atoms with E-state index >= 15 is 0 Å². The van der Waals surface area contributed by atoms with Gasteiger partial charge in [-0.25, -0.2) is 0 Å². The lowest BCUT2D eigenvalue weighted by molar-refractivity contribution is -0.00383. The highest BCUT2D eigenvalue weighted by Crippen LogP contribution is 2.33. The third-order valence-corrected chi connectivity index (χ3v) is 5.43. The molecule has 1 fully saturated rings. The lowest BCUT2D eigenvalue weighted by Gasteiger charge is -2.53. The average molecular weight is 274 g/mol. The van der Waals surface area contributed by atoms with Gasteiger partial charge in [0, 0.05) is 24.7 Å². The van der Waals surface area contributed by atoms with Gasteiger partial charge in [-0.15, -0.1) is 0 Å².